The molecule has 0 amide bonds. The van der Waals surface area contributed by atoms with Crippen LogP contribution in [0.25, 0.3) is 0 Å². The molecule has 6 heteroatoms. The minimum Gasteiger partial charge on any atom is -0.490 e. The van der Waals surface area contributed by atoms with E-state index in [0.717, 1.165) is 0 Å². The van der Waals surface area contributed by atoms with Crippen LogP contribution < -0.4 is 4.74 Å². The lowest BCUT2D eigenvalue weighted by molar-refractivity contribution is 0.00358. The molecule has 0 aliphatic carbocycles. The first-order valence-electron chi connectivity index (χ1n) is 8.98. The number of aliphatic hydroxyl groups is 1. The molecule has 1 N–H and O–H groups in total. The van der Waals surface area contributed by atoms with E-state index < -0.39 is 0 Å². The maximum absolute atomic E-state index is 12.6. The highest BCUT2D eigenvalue weighted by atomic mass is 16.6. The van der Waals surface area contributed by atoms with Crippen LogP contribution >= 0.6 is 0 Å². The molecule has 0 heterocycles. The van der Waals surface area contributed by atoms with Gasteiger partial charge in [-0.3, -0.25) is 4.79 Å². The normalized spacial score (nSPS) is 10.7. The van der Waals surface area contributed by atoms with E-state index in [1.54, 1.807) is 24.3 Å². The van der Waals surface area contributed by atoms with Gasteiger partial charge in [-0.15, -0.1) is 0 Å². The highest BCUT2D eigenvalue weighted by Gasteiger charge is 2.13. The largest absolute Gasteiger partial charge is 0.490 e. The fraction of sp³-hybridized carbons (Fsp3) is 0.381. The summed E-state index contributed by atoms with van der Waals surface area (Å²) in [6, 6.07) is 16.3. The molecule has 146 valence electrons. The molecule has 2 aromatic rings. The third-order valence-electron chi connectivity index (χ3n) is 3.63. The van der Waals surface area contributed by atoms with Crippen LogP contribution in [0.1, 0.15) is 15.9 Å². The number of ether oxygens (including phenoxy) is 4. The number of aliphatic hydroxyl groups excluding tert-OH is 1. The second-order valence-corrected chi connectivity index (χ2v) is 5.60. The van der Waals surface area contributed by atoms with E-state index in [9.17, 15) is 4.79 Å². The van der Waals surface area contributed by atoms with Crippen molar-refractivity contribution in [3.63, 3.8) is 0 Å². The van der Waals surface area contributed by atoms with Crippen molar-refractivity contribution in [2.24, 2.45) is 0 Å². The van der Waals surface area contributed by atoms with E-state index in [1.165, 1.54) is 0 Å². The van der Waals surface area contributed by atoms with Crippen LogP contribution in [0.5, 0.6) is 5.75 Å². The monoisotopic (exact) mass is 374 g/mol. The molecule has 0 saturated heterocycles. The number of hydrogen-bond donors (Lipinski definition) is 1. The Morgan fingerprint density at radius 1 is 0.704 bits per heavy atom. The Morgan fingerprint density at radius 3 is 1.93 bits per heavy atom. The van der Waals surface area contributed by atoms with Gasteiger partial charge in [0.15, 0.2) is 5.78 Å². The third kappa shape index (κ3) is 7.88. The molecular weight excluding hydrogens is 348 g/mol. The number of ketones is 1. The van der Waals surface area contributed by atoms with Crippen molar-refractivity contribution < 1.29 is 28.8 Å². The summed E-state index contributed by atoms with van der Waals surface area (Å²) < 4.78 is 21.6. The molecule has 0 bridgehead atoms. The predicted molar refractivity (Wildman–Crippen MR) is 101 cm³/mol. The number of hydrogen-bond acceptors (Lipinski definition) is 6. The van der Waals surface area contributed by atoms with Crippen molar-refractivity contribution in [2.75, 3.05) is 52.9 Å². The highest BCUT2D eigenvalue weighted by Crippen LogP contribution is 2.21. The Morgan fingerprint density at radius 2 is 1.26 bits per heavy atom. The Labute approximate surface area is 159 Å². The number of rotatable bonds is 14. The topological polar surface area (TPSA) is 74.2 Å². The Bertz CT molecular complexity index is 659. The Balaban J connectivity index is 1.66. The standard InChI is InChI=1S/C21H26O6/c22-10-11-24-12-13-25-14-15-26-16-17-27-20-9-5-4-8-19(20)21(23)18-6-2-1-3-7-18/h1-9,22H,10-17H2. The summed E-state index contributed by atoms with van der Waals surface area (Å²) in [6.45, 7) is 2.93. The summed E-state index contributed by atoms with van der Waals surface area (Å²) in [4.78, 5) is 12.6. The molecule has 0 spiro atoms. The van der Waals surface area contributed by atoms with E-state index in [1.807, 2.05) is 30.3 Å². The SMILES string of the molecule is O=C(c1ccccc1)c1ccccc1OCCOCCOCCOCCO. The zero-order valence-electron chi connectivity index (χ0n) is 15.3. The quantitative estimate of drug-likeness (QED) is 0.404. The second kappa shape index (κ2) is 13.0. The lowest BCUT2D eigenvalue weighted by atomic mass is 10.0. The van der Waals surface area contributed by atoms with Gasteiger partial charge in [0.25, 0.3) is 0 Å². The first-order valence-corrected chi connectivity index (χ1v) is 8.98. The minimum atomic E-state index is -0.0658. The fourth-order valence-corrected chi connectivity index (χ4v) is 2.34. The molecular formula is C21H26O6. The van der Waals surface area contributed by atoms with Gasteiger partial charge in [-0.1, -0.05) is 42.5 Å². The summed E-state index contributed by atoms with van der Waals surface area (Å²) >= 11 is 0. The second-order valence-electron chi connectivity index (χ2n) is 5.60. The van der Waals surface area contributed by atoms with Crippen LogP contribution in [-0.4, -0.2) is 63.7 Å². The lowest BCUT2D eigenvalue weighted by Gasteiger charge is -2.11. The van der Waals surface area contributed by atoms with Crippen molar-refractivity contribution in [1.82, 2.24) is 0 Å². The van der Waals surface area contributed by atoms with Gasteiger partial charge in [-0.2, -0.15) is 0 Å². The average molecular weight is 374 g/mol. The van der Waals surface area contributed by atoms with E-state index in [2.05, 4.69) is 0 Å². The van der Waals surface area contributed by atoms with Crippen molar-refractivity contribution in [3.05, 3.63) is 65.7 Å². The Kier molecular flexibility index (Phi) is 10.1. The number of benzene rings is 2. The van der Waals surface area contributed by atoms with Gasteiger partial charge < -0.3 is 24.1 Å². The van der Waals surface area contributed by atoms with Gasteiger partial charge in [0.2, 0.25) is 0 Å². The van der Waals surface area contributed by atoms with Crippen LogP contribution in [0, 0.1) is 0 Å². The first-order chi connectivity index (χ1) is 13.3. The lowest BCUT2D eigenvalue weighted by Crippen LogP contribution is -2.14. The van der Waals surface area contributed by atoms with Crippen molar-refractivity contribution in [2.45, 2.75) is 0 Å². The van der Waals surface area contributed by atoms with Gasteiger partial charge in [-0.05, 0) is 12.1 Å². The van der Waals surface area contributed by atoms with Gasteiger partial charge in [0, 0.05) is 5.56 Å². The fourth-order valence-electron chi connectivity index (χ4n) is 2.34. The summed E-state index contributed by atoms with van der Waals surface area (Å²) in [7, 11) is 0. The maximum Gasteiger partial charge on any atom is 0.196 e. The molecule has 0 saturated carbocycles. The van der Waals surface area contributed by atoms with E-state index in [4.69, 9.17) is 24.1 Å². The van der Waals surface area contributed by atoms with Crippen molar-refractivity contribution in [1.29, 1.82) is 0 Å². The summed E-state index contributed by atoms with van der Waals surface area (Å²) in [5.41, 5.74) is 1.17. The molecule has 0 unspecified atom stereocenters. The first kappa shape index (κ1) is 21.1. The molecule has 0 aliphatic heterocycles. The van der Waals surface area contributed by atoms with Crippen LogP contribution in [0.15, 0.2) is 54.6 Å². The molecule has 2 rings (SSSR count). The molecule has 0 radical (unpaired) electrons. The summed E-state index contributed by atoms with van der Waals surface area (Å²) in [5.74, 6) is 0.483. The summed E-state index contributed by atoms with van der Waals surface area (Å²) in [6.07, 6.45) is 0. The molecule has 27 heavy (non-hydrogen) atoms. The van der Waals surface area contributed by atoms with Gasteiger partial charge in [0.1, 0.15) is 12.4 Å². The molecule has 0 aromatic heterocycles. The predicted octanol–water partition coefficient (Wildman–Crippen LogP) is 2.34. The van der Waals surface area contributed by atoms with E-state index in [0.29, 0.717) is 63.1 Å². The van der Waals surface area contributed by atoms with Crippen LogP contribution in [-0.2, 0) is 14.2 Å². The smallest absolute Gasteiger partial charge is 0.196 e. The zero-order valence-corrected chi connectivity index (χ0v) is 15.3. The zero-order chi connectivity index (χ0) is 19.2. The van der Waals surface area contributed by atoms with E-state index >= 15 is 0 Å². The molecule has 0 aliphatic rings. The summed E-state index contributed by atoms with van der Waals surface area (Å²) in [5, 5.41) is 8.56. The maximum atomic E-state index is 12.6. The van der Waals surface area contributed by atoms with Crippen molar-refractivity contribution in [3.8, 4) is 5.75 Å². The number of carbonyl (C=O) groups is 1. The van der Waals surface area contributed by atoms with Crippen LogP contribution in [0.4, 0.5) is 0 Å². The molecule has 2 aromatic carbocycles. The Hall–Kier alpha value is -2.25. The van der Waals surface area contributed by atoms with Crippen LogP contribution in [0.3, 0.4) is 0 Å². The van der Waals surface area contributed by atoms with Gasteiger partial charge >= 0.3 is 0 Å². The third-order valence-corrected chi connectivity index (χ3v) is 3.63. The van der Waals surface area contributed by atoms with E-state index in [-0.39, 0.29) is 12.4 Å². The molecule has 0 fully saturated rings. The van der Waals surface area contributed by atoms with Gasteiger partial charge in [0.05, 0.1) is 51.8 Å². The number of carbonyl (C=O) groups excluding carboxylic acids is 1. The highest BCUT2D eigenvalue weighted by molar-refractivity contribution is 6.10. The van der Waals surface area contributed by atoms with Crippen LogP contribution in [0.2, 0.25) is 0 Å². The molecule has 0 atom stereocenters. The minimum absolute atomic E-state index is 0.0170. The number of para-hydroxylation sites is 1. The van der Waals surface area contributed by atoms with Gasteiger partial charge in [-0.25, -0.2) is 0 Å². The van der Waals surface area contributed by atoms with Crippen molar-refractivity contribution >= 4 is 5.78 Å². The molecule has 6 nitrogen and oxygen atoms in total. The average Bonchev–Trinajstić information content (AvgIpc) is 2.72.